The smallest absolute Gasteiger partial charge is 0.254 e. The van der Waals surface area contributed by atoms with Gasteiger partial charge in [-0.05, 0) is 20.3 Å². The summed E-state index contributed by atoms with van der Waals surface area (Å²) in [7, 11) is 0. The molecule has 0 aromatic heterocycles. The lowest BCUT2D eigenvalue weighted by molar-refractivity contribution is -0.215. The van der Waals surface area contributed by atoms with Crippen LogP contribution in [-0.4, -0.2) is 59.2 Å². The molecular weight excluding hydrogens is 290 g/mol. The Morgan fingerprint density at radius 3 is 2.50 bits per heavy atom. The molecule has 4 aliphatic rings. The SMILES string of the molecule is CC[C@@]12COC(O1)[C@H](N1C(=O)C=CC1=O)C1OC(C)(C)O[C@H]12. The predicted octanol–water partition coefficient (Wildman–Crippen LogP) is 0.335. The number of hydrogen-bond donors (Lipinski definition) is 0. The van der Waals surface area contributed by atoms with Gasteiger partial charge in [-0.3, -0.25) is 14.5 Å². The third kappa shape index (κ3) is 1.76. The fraction of sp³-hybridized carbons (Fsp3) is 0.733. The minimum atomic E-state index is -0.789. The Kier molecular flexibility index (Phi) is 2.85. The third-order valence-electron chi connectivity index (χ3n) is 4.85. The maximum atomic E-state index is 12.1. The molecule has 2 unspecified atom stereocenters. The van der Waals surface area contributed by atoms with E-state index in [-0.39, 0.29) is 17.9 Å². The van der Waals surface area contributed by atoms with Crippen molar-refractivity contribution in [2.75, 3.05) is 6.61 Å². The summed E-state index contributed by atoms with van der Waals surface area (Å²) in [5.74, 6) is -1.53. The van der Waals surface area contributed by atoms with Crippen LogP contribution in [0.2, 0.25) is 0 Å². The Hall–Kier alpha value is -1.28. The van der Waals surface area contributed by atoms with Gasteiger partial charge in [-0.2, -0.15) is 0 Å². The van der Waals surface area contributed by atoms with Crippen LogP contribution in [0.25, 0.3) is 0 Å². The van der Waals surface area contributed by atoms with E-state index in [1.165, 1.54) is 12.2 Å². The summed E-state index contributed by atoms with van der Waals surface area (Å²) in [6.07, 6.45) is 1.72. The summed E-state index contributed by atoms with van der Waals surface area (Å²) < 4.78 is 23.9. The molecule has 5 atom stereocenters. The minimum Gasteiger partial charge on any atom is -0.347 e. The maximum Gasteiger partial charge on any atom is 0.254 e. The van der Waals surface area contributed by atoms with Gasteiger partial charge in [-0.1, -0.05) is 6.92 Å². The molecule has 4 rings (SSSR count). The molecule has 0 aliphatic carbocycles. The topological polar surface area (TPSA) is 74.3 Å². The number of ether oxygens (including phenoxy) is 4. The molecule has 4 aliphatic heterocycles. The van der Waals surface area contributed by atoms with Gasteiger partial charge in [0, 0.05) is 12.2 Å². The van der Waals surface area contributed by atoms with Crippen LogP contribution in [0.4, 0.5) is 0 Å². The van der Waals surface area contributed by atoms with Crippen LogP contribution in [0.3, 0.4) is 0 Å². The maximum absolute atomic E-state index is 12.1. The van der Waals surface area contributed by atoms with E-state index in [1.54, 1.807) is 0 Å². The summed E-state index contributed by atoms with van der Waals surface area (Å²) >= 11 is 0. The van der Waals surface area contributed by atoms with Crippen LogP contribution in [-0.2, 0) is 28.5 Å². The number of nitrogens with zero attached hydrogens (tertiary/aromatic N) is 1. The van der Waals surface area contributed by atoms with Gasteiger partial charge in [0.25, 0.3) is 11.8 Å². The Balaban J connectivity index is 1.74. The van der Waals surface area contributed by atoms with Crippen molar-refractivity contribution >= 4 is 11.8 Å². The van der Waals surface area contributed by atoms with Gasteiger partial charge in [0.1, 0.15) is 23.9 Å². The zero-order valence-electron chi connectivity index (χ0n) is 12.8. The van der Waals surface area contributed by atoms with Crippen LogP contribution in [0.15, 0.2) is 12.2 Å². The number of hydrogen-bond acceptors (Lipinski definition) is 6. The first-order valence-corrected chi connectivity index (χ1v) is 7.57. The fourth-order valence-corrected chi connectivity index (χ4v) is 3.80. The van der Waals surface area contributed by atoms with Crippen LogP contribution in [0.5, 0.6) is 0 Å². The molecule has 22 heavy (non-hydrogen) atoms. The van der Waals surface area contributed by atoms with Crippen molar-refractivity contribution in [3.8, 4) is 0 Å². The average Bonchev–Trinajstić information content (AvgIpc) is 3.10. The van der Waals surface area contributed by atoms with Gasteiger partial charge < -0.3 is 18.9 Å². The second-order valence-electron chi connectivity index (χ2n) is 6.61. The van der Waals surface area contributed by atoms with Crippen molar-refractivity contribution in [3.05, 3.63) is 12.2 Å². The predicted molar refractivity (Wildman–Crippen MR) is 72.5 cm³/mol. The normalized spacial score (nSPS) is 45.7. The van der Waals surface area contributed by atoms with Gasteiger partial charge in [0.15, 0.2) is 12.1 Å². The Morgan fingerprint density at radius 1 is 1.18 bits per heavy atom. The lowest BCUT2D eigenvalue weighted by Gasteiger charge is -2.44. The van der Waals surface area contributed by atoms with E-state index < -0.39 is 29.8 Å². The van der Waals surface area contributed by atoms with Gasteiger partial charge in [0.2, 0.25) is 0 Å². The molecule has 0 aromatic carbocycles. The molecule has 0 N–H and O–H groups in total. The van der Waals surface area contributed by atoms with Crippen molar-refractivity contribution in [2.24, 2.45) is 0 Å². The molecule has 0 saturated carbocycles. The largest absolute Gasteiger partial charge is 0.347 e. The lowest BCUT2D eigenvalue weighted by atomic mass is 9.85. The number of rotatable bonds is 2. The molecule has 2 amide bonds. The highest BCUT2D eigenvalue weighted by atomic mass is 16.8. The highest BCUT2D eigenvalue weighted by Gasteiger charge is 2.67. The zero-order chi connectivity index (χ0) is 15.7. The highest BCUT2D eigenvalue weighted by molar-refractivity contribution is 6.13. The van der Waals surface area contributed by atoms with Crippen molar-refractivity contribution in [2.45, 2.75) is 63.1 Å². The Bertz CT molecular complexity index is 554. The summed E-state index contributed by atoms with van der Waals surface area (Å²) in [6, 6.07) is -0.635. The molecular formula is C15H19NO6. The first-order chi connectivity index (χ1) is 10.4. The quantitative estimate of drug-likeness (QED) is 0.685. The third-order valence-corrected chi connectivity index (χ3v) is 4.85. The van der Waals surface area contributed by atoms with E-state index in [2.05, 4.69) is 0 Å². The van der Waals surface area contributed by atoms with Crippen molar-refractivity contribution < 1.29 is 28.5 Å². The van der Waals surface area contributed by atoms with Gasteiger partial charge in [0.05, 0.1) is 6.61 Å². The van der Waals surface area contributed by atoms with Gasteiger partial charge in [-0.15, -0.1) is 0 Å². The molecule has 120 valence electrons. The van der Waals surface area contributed by atoms with Gasteiger partial charge >= 0.3 is 0 Å². The minimum absolute atomic E-state index is 0.370. The summed E-state index contributed by atoms with van der Waals surface area (Å²) in [5, 5.41) is 0. The fourth-order valence-electron chi connectivity index (χ4n) is 3.80. The molecule has 7 nitrogen and oxygen atoms in total. The molecule has 0 spiro atoms. The monoisotopic (exact) mass is 309 g/mol. The van der Waals surface area contributed by atoms with Gasteiger partial charge in [-0.25, -0.2) is 0 Å². The Morgan fingerprint density at radius 2 is 1.86 bits per heavy atom. The number of carbonyl (C=O) groups excluding carboxylic acids is 2. The van der Waals surface area contributed by atoms with Crippen LogP contribution >= 0.6 is 0 Å². The first-order valence-electron chi connectivity index (χ1n) is 7.57. The molecule has 0 radical (unpaired) electrons. The van der Waals surface area contributed by atoms with Crippen LogP contribution < -0.4 is 0 Å². The van der Waals surface area contributed by atoms with Crippen LogP contribution in [0.1, 0.15) is 27.2 Å². The number of amides is 2. The standard InChI is InChI=1S/C15H19NO6/c1-4-15-7-19-13(22-15)10(16-8(17)5-6-9(16)18)11-12(15)21-14(2,3)20-11/h5-6,10-13H,4,7H2,1-3H3/t10-,11?,12-,13?,15+/m1/s1. The second kappa shape index (κ2) is 4.38. The number of imide groups is 1. The Labute approximate surface area is 128 Å². The zero-order valence-corrected chi connectivity index (χ0v) is 12.8. The van der Waals surface area contributed by atoms with Crippen LogP contribution in [0, 0.1) is 0 Å². The second-order valence-corrected chi connectivity index (χ2v) is 6.61. The molecule has 3 saturated heterocycles. The summed E-state index contributed by atoms with van der Waals surface area (Å²) in [5.41, 5.74) is -0.584. The molecule has 2 bridgehead atoms. The summed E-state index contributed by atoms with van der Waals surface area (Å²) in [6.45, 7) is 6.03. The number of carbonyl (C=O) groups is 2. The van der Waals surface area contributed by atoms with Crippen molar-refractivity contribution in [3.63, 3.8) is 0 Å². The summed E-state index contributed by atoms with van der Waals surface area (Å²) in [4.78, 5) is 25.3. The van der Waals surface area contributed by atoms with E-state index in [9.17, 15) is 9.59 Å². The van der Waals surface area contributed by atoms with E-state index in [0.717, 1.165) is 4.90 Å². The molecule has 0 aromatic rings. The van der Waals surface area contributed by atoms with Crippen molar-refractivity contribution in [1.29, 1.82) is 0 Å². The first kappa shape index (κ1) is 14.3. The van der Waals surface area contributed by atoms with E-state index in [4.69, 9.17) is 18.9 Å². The average molecular weight is 309 g/mol. The number of fused-ring (bicyclic) bond motifs is 4. The van der Waals surface area contributed by atoms with E-state index in [1.807, 2.05) is 20.8 Å². The van der Waals surface area contributed by atoms with E-state index >= 15 is 0 Å². The molecule has 4 heterocycles. The molecule has 7 heteroatoms. The molecule has 3 fully saturated rings. The highest BCUT2D eigenvalue weighted by Crippen LogP contribution is 2.49. The van der Waals surface area contributed by atoms with Crippen molar-refractivity contribution in [1.82, 2.24) is 4.90 Å². The lowest BCUT2D eigenvalue weighted by Crippen LogP contribution is -2.65. The van der Waals surface area contributed by atoms with E-state index in [0.29, 0.717) is 13.0 Å².